The average Bonchev–Trinajstić information content (AvgIpc) is 3.71. The number of rotatable bonds is 6. The third-order valence-corrected chi connectivity index (χ3v) is 13.4. The Balaban J connectivity index is 1.00. The van der Waals surface area contributed by atoms with Gasteiger partial charge in [-0.25, -0.2) is 0 Å². The van der Waals surface area contributed by atoms with Crippen LogP contribution in [0.1, 0.15) is 0 Å². The van der Waals surface area contributed by atoms with Crippen molar-refractivity contribution in [2.75, 3.05) is 4.90 Å². The van der Waals surface area contributed by atoms with Crippen LogP contribution in [0, 0.1) is 0 Å². The van der Waals surface area contributed by atoms with Crippen LogP contribution in [0.4, 0.5) is 17.1 Å². The highest BCUT2D eigenvalue weighted by molar-refractivity contribution is 7.26. The van der Waals surface area contributed by atoms with E-state index in [9.17, 15) is 0 Å². The number of hydrogen-bond acceptors (Lipinski definition) is 2. The molecule has 12 rings (SSSR count). The highest BCUT2D eigenvalue weighted by Crippen LogP contribution is 2.46. The second kappa shape index (κ2) is 14.1. The lowest BCUT2D eigenvalue weighted by atomic mass is 9.93. The summed E-state index contributed by atoms with van der Waals surface area (Å²) in [6.45, 7) is 0. The number of nitrogens with zero attached hydrogens (tertiary/aromatic N) is 1. The molecule has 0 N–H and O–H groups in total. The Labute approximate surface area is 352 Å². The van der Waals surface area contributed by atoms with Crippen LogP contribution >= 0.6 is 11.3 Å². The molecule has 0 radical (unpaired) electrons. The molecule has 12 aromatic rings. The second-order valence-corrected chi connectivity index (χ2v) is 16.7. The standard InChI is InChI=1S/C58H37NS/c1-2-11-38(12-3-1)44-29-34-57-55(36-44)52-19-10-20-56(58(52)60-57)59(46-30-25-39(26-31-46)43-24-23-41-22-21-40-13-4-6-15-48(40)53(41)35-43)47-32-27-42(28-33-47)54-37-45-14-5-7-16-49(45)50-17-8-9-18-51(50)54/h1-37H. The molecule has 0 aliphatic rings. The Kier molecular flexibility index (Phi) is 8.11. The maximum atomic E-state index is 2.44. The Morgan fingerprint density at radius 2 is 0.800 bits per heavy atom. The molecule has 0 bridgehead atoms. The van der Waals surface area contributed by atoms with Crippen LogP contribution in [0.25, 0.3) is 96.6 Å². The van der Waals surface area contributed by atoms with Crippen LogP contribution in [0.3, 0.4) is 0 Å². The summed E-state index contributed by atoms with van der Waals surface area (Å²) < 4.78 is 2.56. The van der Waals surface area contributed by atoms with Gasteiger partial charge in [-0.15, -0.1) is 11.3 Å². The molecule has 1 nitrogen and oxygen atoms in total. The van der Waals surface area contributed by atoms with E-state index in [0.29, 0.717) is 0 Å². The zero-order chi connectivity index (χ0) is 39.6. The first kappa shape index (κ1) is 34.5. The average molecular weight is 780 g/mol. The summed E-state index contributed by atoms with van der Waals surface area (Å²) in [5.74, 6) is 0. The van der Waals surface area contributed by atoms with Gasteiger partial charge in [-0.2, -0.15) is 0 Å². The lowest BCUT2D eigenvalue weighted by Crippen LogP contribution is -2.10. The second-order valence-electron chi connectivity index (χ2n) is 15.7. The fraction of sp³-hybridized carbons (Fsp3) is 0. The number of fused-ring (bicyclic) bond motifs is 9. The third-order valence-electron chi connectivity index (χ3n) is 12.2. The molecule has 0 saturated heterocycles. The van der Waals surface area contributed by atoms with E-state index >= 15 is 0 Å². The van der Waals surface area contributed by atoms with Crippen molar-refractivity contribution in [3.05, 3.63) is 224 Å². The molecule has 0 fully saturated rings. The monoisotopic (exact) mass is 779 g/mol. The van der Waals surface area contributed by atoms with E-state index in [1.807, 2.05) is 11.3 Å². The SMILES string of the molecule is c1ccc(-c2ccc3sc4c(N(c5ccc(-c6ccc7ccc8ccccc8c7c6)cc5)c5ccc(-c6cc7ccccc7c7ccccc67)cc5)cccc4c3c2)cc1. The van der Waals surface area contributed by atoms with Gasteiger partial charge in [-0.1, -0.05) is 170 Å². The van der Waals surface area contributed by atoms with Crippen LogP contribution in [0.15, 0.2) is 224 Å². The molecular formula is C58H37NS. The number of anilines is 3. The van der Waals surface area contributed by atoms with E-state index in [2.05, 4.69) is 229 Å². The van der Waals surface area contributed by atoms with E-state index in [1.54, 1.807) is 0 Å². The van der Waals surface area contributed by atoms with Crippen LogP contribution in [0.2, 0.25) is 0 Å². The lowest BCUT2D eigenvalue weighted by Gasteiger charge is -2.26. The summed E-state index contributed by atoms with van der Waals surface area (Å²) in [7, 11) is 0. The molecule has 2 heteroatoms. The number of hydrogen-bond donors (Lipinski definition) is 0. The van der Waals surface area contributed by atoms with Crippen molar-refractivity contribution in [3.8, 4) is 33.4 Å². The van der Waals surface area contributed by atoms with Gasteiger partial charge in [0.25, 0.3) is 0 Å². The van der Waals surface area contributed by atoms with Gasteiger partial charge in [0, 0.05) is 26.8 Å². The Morgan fingerprint density at radius 1 is 0.283 bits per heavy atom. The summed E-state index contributed by atoms with van der Waals surface area (Å²) in [5.41, 5.74) is 10.7. The number of thiophene rings is 1. The Morgan fingerprint density at radius 3 is 1.55 bits per heavy atom. The van der Waals surface area contributed by atoms with Gasteiger partial charge in [-0.3, -0.25) is 0 Å². The van der Waals surface area contributed by atoms with E-state index < -0.39 is 0 Å². The third kappa shape index (κ3) is 5.76. The van der Waals surface area contributed by atoms with Crippen LogP contribution in [0.5, 0.6) is 0 Å². The summed E-state index contributed by atoms with van der Waals surface area (Å²) in [6.07, 6.45) is 0. The number of benzene rings is 11. The van der Waals surface area contributed by atoms with Crippen molar-refractivity contribution in [2.45, 2.75) is 0 Å². The summed E-state index contributed by atoms with van der Waals surface area (Å²) in [4.78, 5) is 2.44. The minimum absolute atomic E-state index is 1.11. The van der Waals surface area contributed by atoms with E-state index in [0.717, 1.165) is 11.4 Å². The molecule has 0 spiro atoms. The molecule has 0 saturated carbocycles. The van der Waals surface area contributed by atoms with Crippen molar-refractivity contribution < 1.29 is 0 Å². The minimum atomic E-state index is 1.11. The van der Waals surface area contributed by atoms with Crippen LogP contribution in [-0.4, -0.2) is 0 Å². The van der Waals surface area contributed by atoms with Gasteiger partial charge in [0.15, 0.2) is 0 Å². The maximum Gasteiger partial charge on any atom is 0.0640 e. The van der Waals surface area contributed by atoms with Crippen molar-refractivity contribution >= 4 is 91.7 Å². The normalized spacial score (nSPS) is 11.7. The van der Waals surface area contributed by atoms with E-state index in [-0.39, 0.29) is 0 Å². The van der Waals surface area contributed by atoms with Gasteiger partial charge in [-0.05, 0) is 131 Å². The molecule has 0 amide bonds. The Bertz CT molecular complexity index is 3580. The molecule has 280 valence electrons. The van der Waals surface area contributed by atoms with Gasteiger partial charge in [0.1, 0.15) is 0 Å². The maximum absolute atomic E-state index is 2.44. The molecule has 60 heavy (non-hydrogen) atoms. The molecule has 0 aliphatic carbocycles. The van der Waals surface area contributed by atoms with Crippen LogP contribution in [-0.2, 0) is 0 Å². The van der Waals surface area contributed by atoms with Crippen molar-refractivity contribution in [2.24, 2.45) is 0 Å². The van der Waals surface area contributed by atoms with Gasteiger partial charge >= 0.3 is 0 Å². The van der Waals surface area contributed by atoms with Crippen LogP contribution < -0.4 is 4.90 Å². The van der Waals surface area contributed by atoms with Crippen molar-refractivity contribution in [3.63, 3.8) is 0 Å². The summed E-state index contributed by atoms with van der Waals surface area (Å²) >= 11 is 1.87. The molecule has 0 unspecified atom stereocenters. The highest BCUT2D eigenvalue weighted by atomic mass is 32.1. The van der Waals surface area contributed by atoms with Gasteiger partial charge in [0.05, 0.1) is 10.4 Å². The lowest BCUT2D eigenvalue weighted by molar-refractivity contribution is 1.30. The van der Waals surface area contributed by atoms with E-state index in [1.165, 1.54) is 102 Å². The fourth-order valence-corrected chi connectivity index (χ4v) is 10.5. The summed E-state index contributed by atoms with van der Waals surface area (Å²) in [5, 5.41) is 12.7. The molecule has 0 aliphatic heterocycles. The predicted octanol–water partition coefficient (Wildman–Crippen LogP) is 17.1. The van der Waals surface area contributed by atoms with Crippen molar-refractivity contribution in [1.29, 1.82) is 0 Å². The van der Waals surface area contributed by atoms with Crippen molar-refractivity contribution in [1.82, 2.24) is 0 Å². The molecule has 1 aromatic heterocycles. The molecule has 0 atom stereocenters. The largest absolute Gasteiger partial charge is 0.309 e. The fourth-order valence-electron chi connectivity index (χ4n) is 9.26. The first-order valence-corrected chi connectivity index (χ1v) is 21.4. The summed E-state index contributed by atoms with van der Waals surface area (Å²) in [6, 6.07) is 82.5. The zero-order valence-corrected chi connectivity index (χ0v) is 33.5. The van der Waals surface area contributed by atoms with Gasteiger partial charge < -0.3 is 4.90 Å². The predicted molar refractivity (Wildman–Crippen MR) is 260 cm³/mol. The molecular weight excluding hydrogens is 743 g/mol. The van der Waals surface area contributed by atoms with Gasteiger partial charge in [0.2, 0.25) is 0 Å². The quantitative estimate of drug-likeness (QED) is 0.152. The molecule has 1 heterocycles. The smallest absolute Gasteiger partial charge is 0.0640 e. The topological polar surface area (TPSA) is 3.24 Å². The van der Waals surface area contributed by atoms with E-state index in [4.69, 9.17) is 0 Å². The molecule has 11 aromatic carbocycles. The first-order chi connectivity index (χ1) is 29.7. The first-order valence-electron chi connectivity index (χ1n) is 20.6. The Hall–Kier alpha value is -7.52. The minimum Gasteiger partial charge on any atom is -0.309 e. The highest BCUT2D eigenvalue weighted by Gasteiger charge is 2.19. The zero-order valence-electron chi connectivity index (χ0n) is 32.7.